The average molecular weight is 303 g/mol. The molecule has 5 nitrogen and oxygen atoms in total. The fourth-order valence-electron chi connectivity index (χ4n) is 3.01. The van der Waals surface area contributed by atoms with E-state index in [2.05, 4.69) is 5.32 Å². The van der Waals surface area contributed by atoms with E-state index in [1.807, 2.05) is 0 Å². The average Bonchev–Trinajstić information content (AvgIpc) is 2.45. The summed E-state index contributed by atoms with van der Waals surface area (Å²) in [6, 6.07) is -0.524. The molecule has 1 N–H and O–H groups in total. The number of hydrogen-bond acceptors (Lipinski definition) is 3. The lowest BCUT2D eigenvalue weighted by Crippen LogP contribution is -2.60. The molecular weight excluding hydrogens is 280 g/mol. The highest BCUT2D eigenvalue weighted by Crippen LogP contribution is 2.37. The maximum atomic E-state index is 13.2. The van der Waals surface area contributed by atoms with Gasteiger partial charge < -0.3 is 15.1 Å². The minimum Gasteiger partial charge on any atom is -0.347 e. The van der Waals surface area contributed by atoms with Crippen LogP contribution in [0.1, 0.15) is 25.7 Å². The Hall–Kier alpha value is -1.24. The first-order valence-electron chi connectivity index (χ1n) is 7.42. The molecule has 1 unspecified atom stereocenters. The zero-order valence-electron chi connectivity index (χ0n) is 12.6. The maximum Gasteiger partial charge on any atom is 0.248 e. The summed E-state index contributed by atoms with van der Waals surface area (Å²) in [6.07, 6.45) is -0.0547. The van der Waals surface area contributed by atoms with Crippen LogP contribution in [0.2, 0.25) is 0 Å². The first-order valence-corrected chi connectivity index (χ1v) is 7.42. The van der Waals surface area contributed by atoms with E-state index >= 15 is 0 Å². The monoisotopic (exact) mass is 303 g/mol. The highest BCUT2D eigenvalue weighted by atomic mass is 19.3. The smallest absolute Gasteiger partial charge is 0.248 e. The van der Waals surface area contributed by atoms with E-state index in [0.29, 0.717) is 19.6 Å². The summed E-state index contributed by atoms with van der Waals surface area (Å²) < 4.78 is 26.4. The summed E-state index contributed by atoms with van der Waals surface area (Å²) >= 11 is 0. The molecule has 2 amide bonds. The third-order valence-electron chi connectivity index (χ3n) is 4.32. The SMILES string of the molecule is CN(C)C(=O)C1CNCCN1C(=O)C1CCC(F)(F)CC1. The fraction of sp³-hybridized carbons (Fsp3) is 0.857. The van der Waals surface area contributed by atoms with Gasteiger partial charge in [-0.2, -0.15) is 0 Å². The van der Waals surface area contributed by atoms with Crippen molar-refractivity contribution in [1.29, 1.82) is 0 Å². The molecule has 21 heavy (non-hydrogen) atoms. The molecule has 1 atom stereocenters. The maximum absolute atomic E-state index is 13.2. The largest absolute Gasteiger partial charge is 0.347 e. The van der Waals surface area contributed by atoms with Gasteiger partial charge in [0.15, 0.2) is 0 Å². The van der Waals surface area contributed by atoms with Gasteiger partial charge in [0.1, 0.15) is 6.04 Å². The quantitative estimate of drug-likeness (QED) is 0.817. The zero-order valence-corrected chi connectivity index (χ0v) is 12.6. The number of amides is 2. The van der Waals surface area contributed by atoms with Gasteiger partial charge in [-0.05, 0) is 12.8 Å². The molecule has 2 rings (SSSR count). The summed E-state index contributed by atoms with van der Waals surface area (Å²) in [5, 5.41) is 3.11. The molecule has 2 aliphatic rings. The minimum absolute atomic E-state index is 0.128. The first kappa shape index (κ1) is 16.1. The number of alkyl halides is 2. The van der Waals surface area contributed by atoms with E-state index in [0.717, 1.165) is 0 Å². The molecule has 7 heteroatoms. The fourth-order valence-corrected chi connectivity index (χ4v) is 3.01. The van der Waals surface area contributed by atoms with Crippen LogP contribution in [0.5, 0.6) is 0 Å². The molecule has 0 spiro atoms. The van der Waals surface area contributed by atoms with Crippen molar-refractivity contribution in [2.24, 2.45) is 5.92 Å². The standard InChI is InChI=1S/C14H23F2N3O2/c1-18(2)13(21)11-9-17-7-8-19(11)12(20)10-3-5-14(15,16)6-4-10/h10-11,17H,3-9H2,1-2H3. The van der Waals surface area contributed by atoms with Crippen LogP contribution in [0.3, 0.4) is 0 Å². The van der Waals surface area contributed by atoms with Crippen molar-refractivity contribution in [2.45, 2.75) is 37.6 Å². The Labute approximate surface area is 123 Å². The van der Waals surface area contributed by atoms with Gasteiger partial charge in [0.25, 0.3) is 0 Å². The van der Waals surface area contributed by atoms with Crippen molar-refractivity contribution in [3.05, 3.63) is 0 Å². The lowest BCUT2D eigenvalue weighted by molar-refractivity contribution is -0.150. The molecule has 2 fully saturated rings. The topological polar surface area (TPSA) is 52.7 Å². The molecule has 1 aliphatic carbocycles. The molecule has 1 saturated carbocycles. The van der Waals surface area contributed by atoms with Gasteiger partial charge in [-0.25, -0.2) is 8.78 Å². The molecule has 120 valence electrons. The molecule has 1 heterocycles. The van der Waals surface area contributed by atoms with Crippen LogP contribution in [0.25, 0.3) is 0 Å². The van der Waals surface area contributed by atoms with Crippen LogP contribution >= 0.6 is 0 Å². The highest BCUT2D eigenvalue weighted by molar-refractivity contribution is 5.88. The number of nitrogens with zero attached hydrogens (tertiary/aromatic N) is 2. The number of halogens is 2. The zero-order chi connectivity index (χ0) is 15.6. The number of piperazine rings is 1. The normalized spacial score (nSPS) is 26.5. The molecule has 0 aromatic heterocycles. The Morgan fingerprint density at radius 1 is 1.24 bits per heavy atom. The molecule has 1 aliphatic heterocycles. The second-order valence-electron chi connectivity index (χ2n) is 6.11. The van der Waals surface area contributed by atoms with Crippen molar-refractivity contribution < 1.29 is 18.4 Å². The number of hydrogen-bond donors (Lipinski definition) is 1. The second kappa shape index (κ2) is 6.25. The van der Waals surface area contributed by atoms with Crippen LogP contribution in [0, 0.1) is 5.92 Å². The van der Waals surface area contributed by atoms with Gasteiger partial charge >= 0.3 is 0 Å². The van der Waals surface area contributed by atoms with Crippen LogP contribution in [-0.4, -0.2) is 67.3 Å². The third-order valence-corrected chi connectivity index (χ3v) is 4.32. The molecule has 0 bridgehead atoms. The third kappa shape index (κ3) is 3.70. The van der Waals surface area contributed by atoms with E-state index in [4.69, 9.17) is 0 Å². The molecule has 1 saturated heterocycles. The Kier molecular flexibility index (Phi) is 4.81. The van der Waals surface area contributed by atoms with Gasteiger partial charge in [0.05, 0.1) is 0 Å². The van der Waals surface area contributed by atoms with E-state index in [9.17, 15) is 18.4 Å². The molecular formula is C14H23F2N3O2. The summed E-state index contributed by atoms with van der Waals surface area (Å²) in [6.45, 7) is 1.51. The van der Waals surface area contributed by atoms with Crippen molar-refractivity contribution in [3.63, 3.8) is 0 Å². The summed E-state index contributed by atoms with van der Waals surface area (Å²) in [5.41, 5.74) is 0. The van der Waals surface area contributed by atoms with Crippen molar-refractivity contribution >= 4 is 11.8 Å². The van der Waals surface area contributed by atoms with Gasteiger partial charge in [0, 0.05) is 52.5 Å². The number of likely N-dealkylation sites (N-methyl/N-ethyl adjacent to an activating group) is 1. The summed E-state index contributed by atoms with van der Waals surface area (Å²) in [5.74, 6) is -3.29. The molecule has 0 aromatic rings. The van der Waals surface area contributed by atoms with Gasteiger partial charge in [-0.1, -0.05) is 0 Å². The Morgan fingerprint density at radius 2 is 1.86 bits per heavy atom. The highest BCUT2D eigenvalue weighted by Gasteiger charge is 2.41. The predicted octanol–water partition coefficient (Wildman–Crippen LogP) is 0.700. The van der Waals surface area contributed by atoms with Crippen LogP contribution in [0.4, 0.5) is 8.78 Å². The van der Waals surface area contributed by atoms with Crippen LogP contribution in [0.15, 0.2) is 0 Å². The minimum atomic E-state index is -2.64. The second-order valence-corrected chi connectivity index (χ2v) is 6.11. The molecule has 0 radical (unpaired) electrons. The van der Waals surface area contributed by atoms with Gasteiger partial charge in [-0.15, -0.1) is 0 Å². The Balaban J connectivity index is 2.04. The van der Waals surface area contributed by atoms with Crippen LogP contribution in [-0.2, 0) is 9.59 Å². The van der Waals surface area contributed by atoms with E-state index in [1.165, 1.54) is 4.90 Å². The number of rotatable bonds is 2. The summed E-state index contributed by atoms with van der Waals surface area (Å²) in [4.78, 5) is 27.8. The van der Waals surface area contributed by atoms with E-state index in [-0.39, 0.29) is 43.4 Å². The van der Waals surface area contributed by atoms with E-state index in [1.54, 1.807) is 19.0 Å². The predicted molar refractivity (Wildman–Crippen MR) is 74.0 cm³/mol. The van der Waals surface area contributed by atoms with Crippen molar-refractivity contribution in [2.75, 3.05) is 33.7 Å². The van der Waals surface area contributed by atoms with Crippen LogP contribution < -0.4 is 5.32 Å². The lowest BCUT2D eigenvalue weighted by atomic mass is 9.85. The van der Waals surface area contributed by atoms with Gasteiger partial charge in [-0.3, -0.25) is 9.59 Å². The number of carbonyl (C=O) groups is 2. The first-order chi connectivity index (χ1) is 9.82. The summed E-state index contributed by atoms with van der Waals surface area (Å²) in [7, 11) is 3.31. The van der Waals surface area contributed by atoms with Crippen molar-refractivity contribution in [3.8, 4) is 0 Å². The van der Waals surface area contributed by atoms with Gasteiger partial charge in [0.2, 0.25) is 17.7 Å². The number of carbonyl (C=O) groups excluding carboxylic acids is 2. The van der Waals surface area contributed by atoms with Crippen molar-refractivity contribution in [1.82, 2.24) is 15.1 Å². The lowest BCUT2D eigenvalue weighted by Gasteiger charge is -2.39. The Morgan fingerprint density at radius 3 is 2.43 bits per heavy atom. The molecule has 0 aromatic carbocycles. The Bertz CT molecular complexity index is 405. The van der Waals surface area contributed by atoms with E-state index < -0.39 is 12.0 Å². The number of nitrogens with one attached hydrogen (secondary N) is 1.